The van der Waals surface area contributed by atoms with E-state index in [4.69, 9.17) is 0 Å². The zero-order valence-electron chi connectivity index (χ0n) is 13.6. The Morgan fingerprint density at radius 3 is 2.11 bits per heavy atom. The highest BCUT2D eigenvalue weighted by Crippen LogP contribution is 2.22. The van der Waals surface area contributed by atoms with Gasteiger partial charge in [-0.25, -0.2) is 0 Å². The lowest BCUT2D eigenvalue weighted by Crippen LogP contribution is -2.30. The van der Waals surface area contributed by atoms with E-state index in [0.29, 0.717) is 0 Å². The van der Waals surface area contributed by atoms with Crippen LogP contribution in [-0.2, 0) is 0 Å². The molecule has 0 spiro atoms. The van der Waals surface area contributed by atoms with Crippen LogP contribution >= 0.6 is 0 Å². The molecule has 0 amide bonds. The minimum Gasteiger partial charge on any atom is -0.300 e. The Hall–Kier alpha value is -0.0400. The lowest BCUT2D eigenvalue weighted by atomic mass is 10.1. The third-order valence-corrected chi connectivity index (χ3v) is 4.69. The van der Waals surface area contributed by atoms with Gasteiger partial charge in [-0.15, -0.1) is 0 Å². The molecule has 1 aliphatic rings. The Morgan fingerprint density at radius 1 is 0.789 bits per heavy atom. The standard InChI is InChI=1S/C18H37N/c1-3-5-7-8-9-10-11-12-16-19-17-13-15-18(19)14-6-4-2/h18H,3-17H2,1-2H3. The smallest absolute Gasteiger partial charge is 0.00957 e. The molecule has 1 nitrogen and oxygen atoms in total. The van der Waals surface area contributed by atoms with E-state index < -0.39 is 0 Å². The van der Waals surface area contributed by atoms with Crippen LogP contribution in [0.2, 0.25) is 0 Å². The van der Waals surface area contributed by atoms with Gasteiger partial charge in [-0.05, 0) is 38.8 Å². The zero-order valence-corrected chi connectivity index (χ0v) is 13.6. The van der Waals surface area contributed by atoms with Crippen LogP contribution in [0.1, 0.15) is 97.3 Å². The Kier molecular flexibility index (Phi) is 10.5. The van der Waals surface area contributed by atoms with E-state index in [1.165, 1.54) is 96.6 Å². The van der Waals surface area contributed by atoms with E-state index >= 15 is 0 Å². The lowest BCUT2D eigenvalue weighted by Gasteiger charge is -2.24. The van der Waals surface area contributed by atoms with Gasteiger partial charge in [-0.3, -0.25) is 0 Å². The molecule has 1 aliphatic heterocycles. The maximum absolute atomic E-state index is 2.78. The second-order valence-electron chi connectivity index (χ2n) is 6.45. The molecule has 1 rings (SSSR count). The van der Waals surface area contributed by atoms with Crippen molar-refractivity contribution in [1.82, 2.24) is 4.90 Å². The van der Waals surface area contributed by atoms with Gasteiger partial charge in [0, 0.05) is 6.04 Å². The summed E-state index contributed by atoms with van der Waals surface area (Å²) < 4.78 is 0. The van der Waals surface area contributed by atoms with Gasteiger partial charge in [0.25, 0.3) is 0 Å². The van der Waals surface area contributed by atoms with Crippen molar-refractivity contribution < 1.29 is 0 Å². The van der Waals surface area contributed by atoms with Gasteiger partial charge in [0.15, 0.2) is 0 Å². The van der Waals surface area contributed by atoms with E-state index in [-0.39, 0.29) is 0 Å². The lowest BCUT2D eigenvalue weighted by molar-refractivity contribution is 0.234. The number of unbranched alkanes of at least 4 members (excludes halogenated alkanes) is 8. The summed E-state index contributed by atoms with van der Waals surface area (Å²) in [7, 11) is 0. The quantitative estimate of drug-likeness (QED) is 0.405. The van der Waals surface area contributed by atoms with Gasteiger partial charge in [0.05, 0.1) is 0 Å². The monoisotopic (exact) mass is 267 g/mol. The Bertz CT molecular complexity index is 190. The summed E-state index contributed by atoms with van der Waals surface area (Å²) in [5.74, 6) is 0. The molecule has 1 unspecified atom stereocenters. The second kappa shape index (κ2) is 11.8. The summed E-state index contributed by atoms with van der Waals surface area (Å²) in [5, 5.41) is 0. The van der Waals surface area contributed by atoms with E-state index in [2.05, 4.69) is 18.7 Å². The first-order valence-corrected chi connectivity index (χ1v) is 9.12. The van der Waals surface area contributed by atoms with Crippen molar-refractivity contribution in [2.45, 2.75) is 103 Å². The molecular weight excluding hydrogens is 230 g/mol. The number of hydrogen-bond donors (Lipinski definition) is 0. The molecule has 1 heterocycles. The summed E-state index contributed by atoms with van der Waals surface area (Å²) in [4.78, 5) is 2.78. The average molecular weight is 268 g/mol. The fourth-order valence-electron chi connectivity index (χ4n) is 3.40. The Labute approximate surface area is 122 Å². The molecule has 0 saturated carbocycles. The molecule has 0 bridgehead atoms. The second-order valence-corrected chi connectivity index (χ2v) is 6.45. The first kappa shape index (κ1) is 17.0. The normalized spacial score (nSPS) is 20.2. The molecule has 0 N–H and O–H groups in total. The zero-order chi connectivity index (χ0) is 13.8. The first-order valence-electron chi connectivity index (χ1n) is 9.12. The molecule has 1 saturated heterocycles. The van der Waals surface area contributed by atoms with Gasteiger partial charge in [0.2, 0.25) is 0 Å². The van der Waals surface area contributed by atoms with Gasteiger partial charge in [-0.2, -0.15) is 0 Å². The van der Waals surface area contributed by atoms with E-state index in [1.54, 1.807) is 0 Å². The van der Waals surface area contributed by atoms with Crippen LogP contribution in [0.3, 0.4) is 0 Å². The summed E-state index contributed by atoms with van der Waals surface area (Å²) in [5.41, 5.74) is 0. The Balaban J connectivity index is 1.93. The number of rotatable bonds is 12. The van der Waals surface area contributed by atoms with E-state index in [9.17, 15) is 0 Å². The summed E-state index contributed by atoms with van der Waals surface area (Å²) >= 11 is 0. The SMILES string of the molecule is CCCCCCCCCCN1CCCC1CCCC. The molecule has 0 aromatic carbocycles. The van der Waals surface area contributed by atoms with Crippen LogP contribution in [0.25, 0.3) is 0 Å². The minimum atomic E-state index is 0.935. The van der Waals surface area contributed by atoms with Crippen LogP contribution in [0.15, 0.2) is 0 Å². The van der Waals surface area contributed by atoms with Crippen LogP contribution in [0.4, 0.5) is 0 Å². The highest BCUT2D eigenvalue weighted by molar-refractivity contribution is 4.78. The molecule has 0 aromatic heterocycles. The fourth-order valence-corrected chi connectivity index (χ4v) is 3.40. The molecule has 1 heteroatoms. The van der Waals surface area contributed by atoms with Gasteiger partial charge >= 0.3 is 0 Å². The minimum absolute atomic E-state index is 0.935. The molecule has 0 radical (unpaired) electrons. The van der Waals surface area contributed by atoms with Crippen molar-refractivity contribution in [3.63, 3.8) is 0 Å². The van der Waals surface area contributed by atoms with Crippen molar-refractivity contribution in [2.75, 3.05) is 13.1 Å². The first-order chi connectivity index (χ1) is 9.38. The van der Waals surface area contributed by atoms with Crippen LogP contribution in [0, 0.1) is 0 Å². The molecule has 0 aromatic rings. The maximum atomic E-state index is 2.78. The average Bonchev–Trinajstić information content (AvgIpc) is 2.87. The highest BCUT2D eigenvalue weighted by Gasteiger charge is 2.22. The van der Waals surface area contributed by atoms with Gasteiger partial charge in [-0.1, -0.05) is 71.6 Å². The van der Waals surface area contributed by atoms with E-state index in [1.807, 2.05) is 0 Å². The van der Waals surface area contributed by atoms with Crippen LogP contribution in [0.5, 0.6) is 0 Å². The number of hydrogen-bond acceptors (Lipinski definition) is 1. The van der Waals surface area contributed by atoms with Gasteiger partial charge in [0.1, 0.15) is 0 Å². The van der Waals surface area contributed by atoms with Crippen LogP contribution in [-0.4, -0.2) is 24.0 Å². The van der Waals surface area contributed by atoms with Crippen molar-refractivity contribution >= 4 is 0 Å². The molecule has 19 heavy (non-hydrogen) atoms. The third kappa shape index (κ3) is 7.97. The van der Waals surface area contributed by atoms with Crippen molar-refractivity contribution in [2.24, 2.45) is 0 Å². The summed E-state index contributed by atoms with van der Waals surface area (Å²) in [6.45, 7) is 7.37. The number of likely N-dealkylation sites (tertiary alicyclic amines) is 1. The van der Waals surface area contributed by atoms with Crippen molar-refractivity contribution in [3.05, 3.63) is 0 Å². The van der Waals surface area contributed by atoms with Crippen molar-refractivity contribution in [3.8, 4) is 0 Å². The highest BCUT2D eigenvalue weighted by atomic mass is 15.2. The van der Waals surface area contributed by atoms with E-state index in [0.717, 1.165) is 6.04 Å². The summed E-state index contributed by atoms with van der Waals surface area (Å²) in [6, 6.07) is 0.935. The maximum Gasteiger partial charge on any atom is 0.00957 e. The molecule has 114 valence electrons. The Morgan fingerprint density at radius 2 is 1.42 bits per heavy atom. The van der Waals surface area contributed by atoms with Gasteiger partial charge < -0.3 is 4.90 Å². The third-order valence-electron chi connectivity index (χ3n) is 4.69. The van der Waals surface area contributed by atoms with Crippen molar-refractivity contribution in [1.29, 1.82) is 0 Å². The largest absolute Gasteiger partial charge is 0.300 e. The van der Waals surface area contributed by atoms with Crippen LogP contribution < -0.4 is 0 Å². The predicted octanol–water partition coefficient (Wildman–Crippen LogP) is 5.78. The summed E-state index contributed by atoms with van der Waals surface area (Å²) in [6.07, 6.45) is 18.7. The predicted molar refractivity (Wildman–Crippen MR) is 86.7 cm³/mol. The molecule has 1 atom stereocenters. The molecule has 1 fully saturated rings. The number of nitrogens with zero attached hydrogens (tertiary/aromatic N) is 1. The topological polar surface area (TPSA) is 3.24 Å². The molecule has 0 aliphatic carbocycles. The molecular formula is C18H37N. The fraction of sp³-hybridized carbons (Fsp3) is 1.00.